The Balaban J connectivity index is 1.58. The molecular weight excluding hydrogens is 244 g/mol. The van der Waals surface area contributed by atoms with Crippen LogP contribution in [0.15, 0.2) is 18.6 Å². The topological polar surface area (TPSA) is 64.5 Å². The second-order valence-corrected chi connectivity index (χ2v) is 5.41. The Kier molecular flexibility index (Phi) is 3.77. The highest BCUT2D eigenvalue weighted by Gasteiger charge is 2.44. The van der Waals surface area contributed by atoms with E-state index in [0.717, 1.165) is 31.4 Å². The zero-order valence-electron chi connectivity index (χ0n) is 11.0. The normalized spacial score (nSPS) is 27.5. The van der Waals surface area contributed by atoms with Crippen LogP contribution in [0.5, 0.6) is 0 Å². The van der Waals surface area contributed by atoms with Crippen LogP contribution in [-0.4, -0.2) is 39.7 Å². The second-order valence-electron chi connectivity index (χ2n) is 5.41. The van der Waals surface area contributed by atoms with Gasteiger partial charge in [0.1, 0.15) is 6.10 Å². The number of aromatic nitrogens is 2. The van der Waals surface area contributed by atoms with Gasteiger partial charge in [0, 0.05) is 37.9 Å². The Morgan fingerprint density at radius 1 is 1.32 bits per heavy atom. The van der Waals surface area contributed by atoms with Crippen molar-refractivity contribution >= 4 is 0 Å². The van der Waals surface area contributed by atoms with Gasteiger partial charge in [-0.15, -0.1) is 0 Å². The molecule has 0 amide bonds. The van der Waals surface area contributed by atoms with Gasteiger partial charge < -0.3 is 14.6 Å². The maximum Gasteiger partial charge on any atom is 0.169 e. The van der Waals surface area contributed by atoms with Gasteiger partial charge in [0.05, 0.1) is 18.4 Å². The summed E-state index contributed by atoms with van der Waals surface area (Å²) in [6.45, 7) is 0.474. The first-order chi connectivity index (χ1) is 9.27. The van der Waals surface area contributed by atoms with Crippen LogP contribution in [0.3, 0.4) is 0 Å². The van der Waals surface area contributed by atoms with E-state index < -0.39 is 11.9 Å². The lowest BCUT2D eigenvalue weighted by Gasteiger charge is -2.32. The summed E-state index contributed by atoms with van der Waals surface area (Å²) in [5, 5.41) is 10.2. The number of hydrogen-bond donors (Lipinski definition) is 1. The second kappa shape index (κ2) is 5.53. The zero-order chi connectivity index (χ0) is 13.1. The average Bonchev–Trinajstić information content (AvgIpc) is 2.85. The number of ether oxygens (including phenoxy) is 2. The summed E-state index contributed by atoms with van der Waals surface area (Å²) in [6.07, 6.45) is 9.99. The lowest BCUT2D eigenvalue weighted by Crippen LogP contribution is -2.36. The Hall–Kier alpha value is -1.04. The van der Waals surface area contributed by atoms with Crippen LogP contribution < -0.4 is 0 Å². The summed E-state index contributed by atoms with van der Waals surface area (Å²) >= 11 is 0. The minimum absolute atomic E-state index is 0.250. The molecule has 1 spiro atoms. The molecule has 104 valence electrons. The van der Waals surface area contributed by atoms with Crippen molar-refractivity contribution in [3.8, 4) is 0 Å². The number of nitrogens with zero attached hydrogens (tertiary/aromatic N) is 2. The van der Waals surface area contributed by atoms with Crippen molar-refractivity contribution in [1.29, 1.82) is 0 Å². The Morgan fingerprint density at radius 3 is 2.89 bits per heavy atom. The van der Waals surface area contributed by atoms with Crippen molar-refractivity contribution in [2.75, 3.05) is 6.61 Å². The number of rotatable bonds is 3. The maximum absolute atomic E-state index is 10.2. The van der Waals surface area contributed by atoms with E-state index in [1.807, 2.05) is 0 Å². The minimum atomic E-state index is -0.585. The van der Waals surface area contributed by atoms with E-state index >= 15 is 0 Å². The van der Waals surface area contributed by atoms with Crippen LogP contribution in [-0.2, 0) is 15.9 Å². The molecule has 0 unspecified atom stereocenters. The summed E-state index contributed by atoms with van der Waals surface area (Å²) < 4.78 is 11.8. The molecule has 2 fully saturated rings. The molecular formula is C14H20N2O3. The van der Waals surface area contributed by atoms with Crippen LogP contribution in [0.25, 0.3) is 0 Å². The first-order valence-corrected chi connectivity index (χ1v) is 7.02. The smallest absolute Gasteiger partial charge is 0.169 e. The molecule has 1 N–H and O–H groups in total. The summed E-state index contributed by atoms with van der Waals surface area (Å²) in [4.78, 5) is 8.18. The summed E-state index contributed by atoms with van der Waals surface area (Å²) in [7, 11) is 0. The molecule has 0 aromatic carbocycles. The molecule has 1 saturated heterocycles. The molecule has 19 heavy (non-hydrogen) atoms. The zero-order valence-corrected chi connectivity index (χ0v) is 11.0. The van der Waals surface area contributed by atoms with Gasteiger partial charge in [-0.25, -0.2) is 0 Å². The van der Waals surface area contributed by atoms with E-state index in [-0.39, 0.29) is 6.10 Å². The van der Waals surface area contributed by atoms with Crippen LogP contribution in [0.4, 0.5) is 0 Å². The fourth-order valence-corrected chi connectivity index (χ4v) is 2.90. The largest absolute Gasteiger partial charge is 0.390 e. The Bertz CT molecular complexity index is 406. The van der Waals surface area contributed by atoms with Crippen LogP contribution >= 0.6 is 0 Å². The number of aliphatic hydroxyl groups excluding tert-OH is 1. The van der Waals surface area contributed by atoms with Crippen molar-refractivity contribution in [3.05, 3.63) is 24.3 Å². The first-order valence-electron chi connectivity index (χ1n) is 7.02. The molecule has 3 rings (SSSR count). The molecule has 1 aromatic rings. The van der Waals surface area contributed by atoms with Gasteiger partial charge in [-0.05, 0) is 12.8 Å². The van der Waals surface area contributed by atoms with Gasteiger partial charge >= 0.3 is 0 Å². The molecule has 1 aliphatic heterocycles. The highest BCUT2D eigenvalue weighted by Crippen LogP contribution is 2.38. The molecule has 1 aliphatic carbocycles. The van der Waals surface area contributed by atoms with Gasteiger partial charge in [0.15, 0.2) is 5.79 Å². The van der Waals surface area contributed by atoms with Crippen LogP contribution in [0.2, 0.25) is 0 Å². The van der Waals surface area contributed by atoms with Crippen molar-refractivity contribution in [2.45, 2.75) is 56.5 Å². The van der Waals surface area contributed by atoms with Gasteiger partial charge in [0.25, 0.3) is 0 Å². The third-order valence-electron chi connectivity index (χ3n) is 3.96. The van der Waals surface area contributed by atoms with Crippen molar-refractivity contribution in [3.63, 3.8) is 0 Å². The molecule has 2 heterocycles. The quantitative estimate of drug-likeness (QED) is 0.895. The van der Waals surface area contributed by atoms with Crippen LogP contribution in [0.1, 0.15) is 37.8 Å². The molecule has 2 atom stereocenters. The third-order valence-corrected chi connectivity index (χ3v) is 3.96. The number of aliphatic hydroxyl groups is 1. The standard InChI is InChI=1S/C14H20N2O3/c17-12(8-11-9-15-6-7-16-11)13-10-18-14(19-13)4-2-1-3-5-14/h6-7,9,12-13,17H,1-5,8,10H2/t12-,13+/m0/s1. The van der Waals surface area contributed by atoms with Gasteiger partial charge in [-0.3, -0.25) is 9.97 Å². The lowest BCUT2D eigenvalue weighted by molar-refractivity contribution is -0.195. The Morgan fingerprint density at radius 2 is 2.16 bits per heavy atom. The van der Waals surface area contributed by atoms with Crippen molar-refractivity contribution < 1.29 is 14.6 Å². The maximum atomic E-state index is 10.2. The third kappa shape index (κ3) is 2.94. The van der Waals surface area contributed by atoms with Crippen molar-refractivity contribution in [1.82, 2.24) is 9.97 Å². The molecule has 5 heteroatoms. The fourth-order valence-electron chi connectivity index (χ4n) is 2.90. The average molecular weight is 264 g/mol. The molecule has 5 nitrogen and oxygen atoms in total. The molecule has 0 bridgehead atoms. The summed E-state index contributed by atoms with van der Waals surface area (Å²) in [5.74, 6) is -0.424. The van der Waals surface area contributed by atoms with E-state index in [0.29, 0.717) is 13.0 Å². The SMILES string of the molecule is O[C@@H](Cc1cnccn1)[C@H]1COC2(CCCCC2)O1. The van der Waals surface area contributed by atoms with E-state index in [4.69, 9.17) is 9.47 Å². The molecule has 1 saturated carbocycles. The lowest BCUT2D eigenvalue weighted by atomic mass is 9.94. The number of hydrogen-bond acceptors (Lipinski definition) is 5. The molecule has 1 aromatic heterocycles. The van der Waals surface area contributed by atoms with E-state index in [1.54, 1.807) is 18.6 Å². The fraction of sp³-hybridized carbons (Fsp3) is 0.714. The van der Waals surface area contributed by atoms with Crippen LogP contribution in [0, 0.1) is 0 Å². The molecule has 2 aliphatic rings. The monoisotopic (exact) mass is 264 g/mol. The first kappa shape index (κ1) is 13.0. The van der Waals surface area contributed by atoms with Gasteiger partial charge in [-0.2, -0.15) is 0 Å². The van der Waals surface area contributed by atoms with Crippen molar-refractivity contribution in [2.24, 2.45) is 0 Å². The van der Waals surface area contributed by atoms with E-state index in [1.165, 1.54) is 6.42 Å². The van der Waals surface area contributed by atoms with E-state index in [9.17, 15) is 5.11 Å². The highest BCUT2D eigenvalue weighted by molar-refractivity contribution is 4.98. The van der Waals surface area contributed by atoms with Gasteiger partial charge in [0.2, 0.25) is 0 Å². The summed E-state index contributed by atoms with van der Waals surface area (Å²) in [6, 6.07) is 0. The minimum Gasteiger partial charge on any atom is -0.390 e. The Labute approximate surface area is 113 Å². The predicted molar refractivity (Wildman–Crippen MR) is 68.4 cm³/mol. The highest BCUT2D eigenvalue weighted by atomic mass is 16.7. The van der Waals surface area contributed by atoms with Gasteiger partial charge in [-0.1, -0.05) is 6.42 Å². The van der Waals surface area contributed by atoms with E-state index in [2.05, 4.69) is 9.97 Å². The predicted octanol–water partition coefficient (Wildman–Crippen LogP) is 1.46. The molecule has 0 radical (unpaired) electrons. The summed E-state index contributed by atoms with van der Waals surface area (Å²) in [5.41, 5.74) is 0.781.